The topological polar surface area (TPSA) is 112 Å². The number of aromatic nitrogens is 2. The molecule has 182 valence electrons. The Morgan fingerprint density at radius 2 is 1.86 bits per heavy atom. The molecule has 1 aliphatic heterocycles. The van der Waals surface area contributed by atoms with Crippen molar-refractivity contribution in [2.24, 2.45) is 0 Å². The summed E-state index contributed by atoms with van der Waals surface area (Å²) >= 11 is 0. The number of esters is 1. The fourth-order valence-corrected chi connectivity index (χ4v) is 3.93. The zero-order valence-electron chi connectivity index (χ0n) is 19.7. The van der Waals surface area contributed by atoms with Gasteiger partial charge in [-0.2, -0.15) is 5.10 Å². The van der Waals surface area contributed by atoms with Crippen LogP contribution in [-0.2, 0) is 25.7 Å². The molecule has 2 heterocycles. The summed E-state index contributed by atoms with van der Waals surface area (Å²) in [4.78, 5) is 37.5. The van der Waals surface area contributed by atoms with Crippen molar-refractivity contribution in [2.45, 2.75) is 38.8 Å². The molecule has 0 aliphatic carbocycles. The Balaban J connectivity index is 1.46. The number of amides is 2. The van der Waals surface area contributed by atoms with E-state index in [-0.39, 0.29) is 24.8 Å². The predicted molar refractivity (Wildman–Crippen MR) is 131 cm³/mol. The van der Waals surface area contributed by atoms with Gasteiger partial charge in [0.1, 0.15) is 11.9 Å². The highest BCUT2D eigenvalue weighted by Crippen LogP contribution is 2.38. The van der Waals surface area contributed by atoms with Crippen LogP contribution in [0.1, 0.15) is 48.3 Å². The number of anilines is 2. The van der Waals surface area contributed by atoms with Gasteiger partial charge in [-0.3, -0.25) is 9.59 Å². The van der Waals surface area contributed by atoms with E-state index in [9.17, 15) is 14.4 Å². The summed E-state index contributed by atoms with van der Waals surface area (Å²) < 4.78 is 12.1. The second-order valence-electron chi connectivity index (χ2n) is 8.24. The fourth-order valence-electron chi connectivity index (χ4n) is 3.93. The minimum absolute atomic E-state index is 0.0953. The van der Waals surface area contributed by atoms with Gasteiger partial charge in [0.2, 0.25) is 5.91 Å². The SMILES string of the molecule is CCCCOC(=O)c1ccc(NC(=O)CC2C(=O)Nc3c(-c4ccccc4)c(COC)nn32)cc1. The Morgan fingerprint density at radius 3 is 2.54 bits per heavy atom. The van der Waals surface area contributed by atoms with Gasteiger partial charge in [-0.15, -0.1) is 0 Å². The van der Waals surface area contributed by atoms with Crippen molar-refractivity contribution in [3.05, 3.63) is 65.9 Å². The summed E-state index contributed by atoms with van der Waals surface area (Å²) in [7, 11) is 1.58. The molecule has 0 saturated carbocycles. The van der Waals surface area contributed by atoms with Crippen molar-refractivity contribution in [3.8, 4) is 11.1 Å². The van der Waals surface area contributed by atoms with Crippen LogP contribution in [-0.4, -0.2) is 41.3 Å². The van der Waals surface area contributed by atoms with Gasteiger partial charge in [0.05, 0.1) is 30.9 Å². The van der Waals surface area contributed by atoms with Crippen molar-refractivity contribution in [1.82, 2.24) is 9.78 Å². The summed E-state index contributed by atoms with van der Waals surface area (Å²) in [6.07, 6.45) is 1.66. The quantitative estimate of drug-likeness (QED) is 0.336. The number of benzene rings is 2. The first kappa shape index (κ1) is 24.2. The van der Waals surface area contributed by atoms with Crippen molar-refractivity contribution < 1.29 is 23.9 Å². The summed E-state index contributed by atoms with van der Waals surface area (Å²) in [5.74, 6) is -0.487. The second kappa shape index (κ2) is 11.0. The summed E-state index contributed by atoms with van der Waals surface area (Å²) in [6.45, 7) is 2.67. The fraction of sp³-hybridized carbons (Fsp3) is 0.308. The third-order valence-corrected chi connectivity index (χ3v) is 5.68. The summed E-state index contributed by atoms with van der Waals surface area (Å²) in [5.41, 5.74) is 3.30. The molecule has 0 spiro atoms. The molecule has 0 radical (unpaired) electrons. The van der Waals surface area contributed by atoms with Gasteiger partial charge < -0.3 is 20.1 Å². The molecular weight excluding hydrogens is 448 g/mol. The van der Waals surface area contributed by atoms with Gasteiger partial charge in [0.25, 0.3) is 5.91 Å². The number of ether oxygens (including phenoxy) is 2. The molecule has 0 fully saturated rings. The van der Waals surface area contributed by atoms with E-state index in [1.165, 1.54) is 0 Å². The summed E-state index contributed by atoms with van der Waals surface area (Å²) in [5, 5.41) is 10.2. The number of methoxy groups -OCH3 is 1. The van der Waals surface area contributed by atoms with Crippen LogP contribution in [0.25, 0.3) is 11.1 Å². The molecule has 35 heavy (non-hydrogen) atoms. The third kappa shape index (κ3) is 5.41. The van der Waals surface area contributed by atoms with Crippen LogP contribution in [0.5, 0.6) is 0 Å². The zero-order chi connectivity index (χ0) is 24.8. The second-order valence-corrected chi connectivity index (χ2v) is 8.24. The van der Waals surface area contributed by atoms with Gasteiger partial charge >= 0.3 is 5.97 Å². The van der Waals surface area contributed by atoms with Gasteiger partial charge in [0, 0.05) is 18.4 Å². The molecule has 2 aromatic carbocycles. The molecule has 1 aromatic heterocycles. The van der Waals surface area contributed by atoms with Crippen molar-refractivity contribution >= 4 is 29.3 Å². The van der Waals surface area contributed by atoms with E-state index in [0.29, 0.717) is 29.4 Å². The number of hydrogen-bond acceptors (Lipinski definition) is 6. The molecule has 2 amide bonds. The van der Waals surface area contributed by atoms with Gasteiger partial charge in [-0.05, 0) is 36.2 Å². The molecule has 0 bridgehead atoms. The molecular formula is C26H28N4O5. The average Bonchev–Trinajstić information content (AvgIpc) is 3.35. The molecule has 2 N–H and O–H groups in total. The number of nitrogens with one attached hydrogen (secondary N) is 2. The summed E-state index contributed by atoms with van der Waals surface area (Å²) in [6, 6.07) is 15.3. The van der Waals surface area contributed by atoms with Crippen LogP contribution in [0, 0.1) is 0 Å². The van der Waals surface area contributed by atoms with Gasteiger partial charge in [-0.25, -0.2) is 9.48 Å². The maximum Gasteiger partial charge on any atom is 0.338 e. The average molecular weight is 477 g/mol. The number of fused-ring (bicyclic) bond motifs is 1. The lowest BCUT2D eigenvalue weighted by molar-refractivity contribution is -0.123. The molecule has 1 unspecified atom stereocenters. The molecule has 1 aliphatic rings. The molecule has 3 aromatic rings. The maximum atomic E-state index is 12.8. The Bertz CT molecular complexity index is 1200. The maximum absolute atomic E-state index is 12.8. The van der Waals surface area contributed by atoms with Crippen LogP contribution in [0.2, 0.25) is 0 Å². The normalized spacial score (nSPS) is 14.3. The minimum atomic E-state index is -0.786. The molecule has 9 nitrogen and oxygen atoms in total. The van der Waals surface area contributed by atoms with Crippen LogP contribution >= 0.6 is 0 Å². The number of unbranched alkanes of at least 4 members (excludes halogenated alkanes) is 1. The highest BCUT2D eigenvalue weighted by Gasteiger charge is 2.37. The third-order valence-electron chi connectivity index (χ3n) is 5.68. The monoisotopic (exact) mass is 476 g/mol. The highest BCUT2D eigenvalue weighted by molar-refractivity contribution is 6.04. The van der Waals surface area contributed by atoms with E-state index in [0.717, 1.165) is 24.0 Å². The van der Waals surface area contributed by atoms with Gasteiger partial charge in [0.15, 0.2) is 0 Å². The van der Waals surface area contributed by atoms with E-state index in [2.05, 4.69) is 15.7 Å². The number of nitrogens with zero attached hydrogens (tertiary/aromatic N) is 2. The molecule has 1 atom stereocenters. The van der Waals surface area contributed by atoms with Crippen molar-refractivity contribution in [3.63, 3.8) is 0 Å². The van der Waals surface area contributed by atoms with Crippen LogP contribution in [0.15, 0.2) is 54.6 Å². The Kier molecular flexibility index (Phi) is 7.57. The lowest BCUT2D eigenvalue weighted by Gasteiger charge is -2.11. The number of carbonyl (C=O) groups excluding carboxylic acids is 3. The lowest BCUT2D eigenvalue weighted by atomic mass is 10.1. The van der Waals surface area contributed by atoms with E-state index in [4.69, 9.17) is 9.47 Å². The number of rotatable bonds is 10. The molecule has 9 heteroatoms. The first-order valence-corrected chi connectivity index (χ1v) is 11.6. The molecule has 0 saturated heterocycles. The van der Waals surface area contributed by atoms with Crippen LogP contribution in [0.4, 0.5) is 11.5 Å². The predicted octanol–water partition coefficient (Wildman–Crippen LogP) is 4.18. The first-order chi connectivity index (χ1) is 17.0. The van der Waals surface area contributed by atoms with E-state index >= 15 is 0 Å². The van der Waals surface area contributed by atoms with E-state index in [1.54, 1.807) is 36.1 Å². The standard InChI is InChI=1S/C26H28N4O5/c1-3-4-14-35-26(33)18-10-12-19(13-11-18)27-22(31)15-21-25(32)28-24-23(17-8-6-5-7-9-17)20(16-34-2)29-30(21)24/h5-13,21H,3-4,14-16H2,1-2H3,(H,27,31)(H,28,32). The smallest absolute Gasteiger partial charge is 0.338 e. The highest BCUT2D eigenvalue weighted by atomic mass is 16.5. The van der Waals surface area contributed by atoms with Crippen molar-refractivity contribution in [2.75, 3.05) is 24.4 Å². The Morgan fingerprint density at radius 1 is 1.11 bits per heavy atom. The Hall–Kier alpha value is -3.98. The number of hydrogen-bond donors (Lipinski definition) is 2. The van der Waals surface area contributed by atoms with E-state index < -0.39 is 12.0 Å². The van der Waals surface area contributed by atoms with Crippen LogP contribution < -0.4 is 10.6 Å². The largest absolute Gasteiger partial charge is 0.462 e. The Labute approximate surface area is 203 Å². The van der Waals surface area contributed by atoms with E-state index in [1.807, 2.05) is 37.3 Å². The molecule has 4 rings (SSSR count). The van der Waals surface area contributed by atoms with Crippen molar-refractivity contribution in [1.29, 1.82) is 0 Å². The first-order valence-electron chi connectivity index (χ1n) is 11.6. The zero-order valence-corrected chi connectivity index (χ0v) is 19.7. The lowest BCUT2D eigenvalue weighted by Crippen LogP contribution is -2.24. The van der Waals surface area contributed by atoms with Gasteiger partial charge in [-0.1, -0.05) is 43.7 Å². The number of carbonyl (C=O) groups is 3. The van der Waals surface area contributed by atoms with Crippen LogP contribution in [0.3, 0.4) is 0 Å². The minimum Gasteiger partial charge on any atom is -0.462 e.